The maximum absolute atomic E-state index is 12.6. The number of nitrogens with one attached hydrogen (secondary N) is 1. The second-order valence-corrected chi connectivity index (χ2v) is 5.43. The number of carbonyl (C=O) groups is 2. The first kappa shape index (κ1) is 19.2. The standard InChI is InChI=1S/C17H21N3O6/c1-24-13-7-11-12(8-14(13)25-2)19-10-20(17(11)23)9-15(21)18-6-4-5-16(22)26-3/h7-8,10H,4-6,9H2,1-3H3,(H,18,21). The molecule has 0 saturated heterocycles. The van der Waals surface area contributed by atoms with Crippen LogP contribution in [0.4, 0.5) is 0 Å². The van der Waals surface area contributed by atoms with Gasteiger partial charge in [-0.1, -0.05) is 0 Å². The molecule has 1 heterocycles. The van der Waals surface area contributed by atoms with Gasteiger partial charge in [-0.15, -0.1) is 0 Å². The zero-order valence-electron chi connectivity index (χ0n) is 14.9. The Morgan fingerprint density at radius 1 is 1.15 bits per heavy atom. The first-order valence-electron chi connectivity index (χ1n) is 7.94. The molecule has 140 valence electrons. The second-order valence-electron chi connectivity index (χ2n) is 5.43. The molecule has 9 nitrogen and oxygen atoms in total. The summed E-state index contributed by atoms with van der Waals surface area (Å²) < 4.78 is 16.1. The summed E-state index contributed by atoms with van der Waals surface area (Å²) in [6.45, 7) is 0.142. The quantitative estimate of drug-likeness (QED) is 0.537. The lowest BCUT2D eigenvalue weighted by Gasteiger charge is -2.10. The van der Waals surface area contributed by atoms with E-state index in [1.165, 1.54) is 38.3 Å². The van der Waals surface area contributed by atoms with Crippen molar-refractivity contribution >= 4 is 22.8 Å². The van der Waals surface area contributed by atoms with Crippen molar-refractivity contribution in [3.8, 4) is 11.5 Å². The molecule has 0 atom stereocenters. The van der Waals surface area contributed by atoms with E-state index in [-0.39, 0.29) is 30.4 Å². The molecule has 2 aromatic rings. The van der Waals surface area contributed by atoms with Crippen molar-refractivity contribution in [3.63, 3.8) is 0 Å². The number of methoxy groups -OCH3 is 3. The molecular formula is C17H21N3O6. The van der Waals surface area contributed by atoms with Gasteiger partial charge in [0.05, 0.1) is 38.6 Å². The number of amides is 1. The van der Waals surface area contributed by atoms with Crippen molar-refractivity contribution in [2.75, 3.05) is 27.9 Å². The predicted octanol–water partition coefficient (Wildman–Crippen LogP) is 0.483. The van der Waals surface area contributed by atoms with Gasteiger partial charge in [0.15, 0.2) is 11.5 Å². The minimum absolute atomic E-state index is 0.172. The zero-order valence-corrected chi connectivity index (χ0v) is 14.9. The van der Waals surface area contributed by atoms with E-state index in [9.17, 15) is 14.4 Å². The van der Waals surface area contributed by atoms with E-state index < -0.39 is 0 Å². The number of hydrogen-bond donors (Lipinski definition) is 1. The first-order valence-corrected chi connectivity index (χ1v) is 7.94. The summed E-state index contributed by atoms with van der Waals surface area (Å²) >= 11 is 0. The molecule has 1 aromatic heterocycles. The van der Waals surface area contributed by atoms with Crippen LogP contribution >= 0.6 is 0 Å². The number of esters is 1. The van der Waals surface area contributed by atoms with E-state index in [1.54, 1.807) is 6.07 Å². The fourth-order valence-corrected chi connectivity index (χ4v) is 2.37. The van der Waals surface area contributed by atoms with Gasteiger partial charge in [0.25, 0.3) is 5.56 Å². The summed E-state index contributed by atoms with van der Waals surface area (Å²) in [6, 6.07) is 3.14. The number of benzene rings is 1. The third kappa shape index (κ3) is 4.50. The minimum atomic E-state index is -0.360. The van der Waals surface area contributed by atoms with E-state index >= 15 is 0 Å². The molecule has 0 saturated carbocycles. The molecule has 0 aliphatic carbocycles. The largest absolute Gasteiger partial charge is 0.493 e. The minimum Gasteiger partial charge on any atom is -0.493 e. The maximum Gasteiger partial charge on any atom is 0.305 e. The Kier molecular flexibility index (Phi) is 6.54. The monoisotopic (exact) mass is 363 g/mol. The summed E-state index contributed by atoms with van der Waals surface area (Å²) in [5.41, 5.74) is 0.0862. The number of nitrogens with zero attached hydrogens (tertiary/aromatic N) is 2. The van der Waals surface area contributed by atoms with Crippen molar-refractivity contribution in [1.29, 1.82) is 0 Å². The Balaban J connectivity index is 2.10. The van der Waals surface area contributed by atoms with E-state index in [0.717, 1.165) is 0 Å². The van der Waals surface area contributed by atoms with Gasteiger partial charge in [-0.2, -0.15) is 0 Å². The van der Waals surface area contributed by atoms with Gasteiger partial charge in [0, 0.05) is 19.0 Å². The lowest BCUT2D eigenvalue weighted by atomic mass is 10.2. The molecule has 0 unspecified atom stereocenters. The van der Waals surface area contributed by atoms with Crippen LogP contribution in [0.1, 0.15) is 12.8 Å². The third-order valence-electron chi connectivity index (χ3n) is 3.75. The third-order valence-corrected chi connectivity index (χ3v) is 3.75. The van der Waals surface area contributed by atoms with E-state index in [1.807, 2.05) is 0 Å². The van der Waals surface area contributed by atoms with Crippen molar-refractivity contribution in [1.82, 2.24) is 14.9 Å². The van der Waals surface area contributed by atoms with Gasteiger partial charge in [0.1, 0.15) is 6.54 Å². The topological polar surface area (TPSA) is 109 Å². The molecule has 1 aromatic carbocycles. The van der Waals surface area contributed by atoms with Gasteiger partial charge in [-0.25, -0.2) is 4.98 Å². The average molecular weight is 363 g/mol. The molecule has 0 fully saturated rings. The first-order chi connectivity index (χ1) is 12.5. The van der Waals surface area contributed by atoms with Gasteiger partial charge in [-0.3, -0.25) is 19.0 Å². The molecule has 0 bridgehead atoms. The van der Waals surface area contributed by atoms with Gasteiger partial charge in [-0.05, 0) is 12.5 Å². The smallest absolute Gasteiger partial charge is 0.305 e. The molecule has 1 amide bonds. The van der Waals surface area contributed by atoms with Crippen LogP contribution in [0, 0.1) is 0 Å². The summed E-state index contributed by atoms with van der Waals surface area (Å²) in [6.07, 6.45) is 1.99. The Morgan fingerprint density at radius 3 is 2.50 bits per heavy atom. The fourth-order valence-electron chi connectivity index (χ4n) is 2.37. The number of fused-ring (bicyclic) bond motifs is 1. The summed E-state index contributed by atoms with van der Waals surface area (Å²) in [5.74, 6) is 0.189. The molecule has 0 aliphatic rings. The lowest BCUT2D eigenvalue weighted by Crippen LogP contribution is -2.33. The van der Waals surface area contributed by atoms with Crippen LogP contribution in [0.15, 0.2) is 23.3 Å². The van der Waals surface area contributed by atoms with E-state index in [2.05, 4.69) is 15.0 Å². The van der Waals surface area contributed by atoms with Crippen molar-refractivity contribution in [2.45, 2.75) is 19.4 Å². The molecular weight excluding hydrogens is 342 g/mol. The van der Waals surface area contributed by atoms with Gasteiger partial charge < -0.3 is 19.5 Å². The Morgan fingerprint density at radius 2 is 1.85 bits per heavy atom. The number of rotatable bonds is 8. The van der Waals surface area contributed by atoms with Gasteiger partial charge >= 0.3 is 5.97 Å². The SMILES string of the molecule is COC(=O)CCCNC(=O)Cn1cnc2cc(OC)c(OC)cc2c1=O. The van der Waals surface area contributed by atoms with Crippen molar-refractivity contribution in [3.05, 3.63) is 28.8 Å². The second kappa shape index (κ2) is 8.84. The van der Waals surface area contributed by atoms with Crippen molar-refractivity contribution < 1.29 is 23.8 Å². The van der Waals surface area contributed by atoms with Crippen LogP contribution in [0.25, 0.3) is 10.9 Å². The molecule has 0 radical (unpaired) electrons. The molecule has 26 heavy (non-hydrogen) atoms. The number of aromatic nitrogens is 2. The van der Waals surface area contributed by atoms with Crippen LogP contribution in [0.3, 0.4) is 0 Å². The van der Waals surface area contributed by atoms with Crippen LogP contribution in [0.5, 0.6) is 11.5 Å². The van der Waals surface area contributed by atoms with Crippen LogP contribution in [-0.2, 0) is 20.9 Å². The van der Waals surface area contributed by atoms with Crippen LogP contribution < -0.4 is 20.3 Å². The summed E-state index contributed by atoms with van der Waals surface area (Å²) in [4.78, 5) is 39.8. The summed E-state index contributed by atoms with van der Waals surface area (Å²) in [7, 11) is 4.28. The lowest BCUT2D eigenvalue weighted by molar-refractivity contribution is -0.140. The average Bonchev–Trinajstić information content (AvgIpc) is 2.66. The number of ether oxygens (including phenoxy) is 3. The maximum atomic E-state index is 12.6. The van der Waals surface area contributed by atoms with E-state index in [4.69, 9.17) is 9.47 Å². The normalized spacial score (nSPS) is 10.4. The molecule has 0 spiro atoms. The fraction of sp³-hybridized carbons (Fsp3) is 0.412. The van der Waals surface area contributed by atoms with E-state index in [0.29, 0.717) is 35.4 Å². The van der Waals surface area contributed by atoms with Crippen molar-refractivity contribution in [2.24, 2.45) is 0 Å². The highest BCUT2D eigenvalue weighted by Crippen LogP contribution is 2.29. The highest BCUT2D eigenvalue weighted by Gasteiger charge is 2.12. The molecule has 0 aliphatic heterocycles. The highest BCUT2D eigenvalue weighted by molar-refractivity contribution is 5.82. The van der Waals surface area contributed by atoms with Crippen LogP contribution in [-0.4, -0.2) is 49.3 Å². The zero-order chi connectivity index (χ0) is 19.1. The molecule has 2 rings (SSSR count). The molecule has 1 N–H and O–H groups in total. The number of hydrogen-bond acceptors (Lipinski definition) is 7. The predicted molar refractivity (Wildman–Crippen MR) is 93.4 cm³/mol. The Bertz CT molecular complexity index is 861. The highest BCUT2D eigenvalue weighted by atomic mass is 16.5. The summed E-state index contributed by atoms with van der Waals surface area (Å²) in [5, 5.41) is 2.97. The van der Waals surface area contributed by atoms with Crippen LogP contribution in [0.2, 0.25) is 0 Å². The Labute approximate surface area is 149 Å². The molecule has 9 heteroatoms. The number of carbonyl (C=O) groups excluding carboxylic acids is 2. The van der Waals surface area contributed by atoms with Gasteiger partial charge in [0.2, 0.25) is 5.91 Å². The Hall–Kier alpha value is -3.10.